The van der Waals surface area contributed by atoms with Gasteiger partial charge in [0, 0.05) is 38.4 Å². The van der Waals surface area contributed by atoms with E-state index in [1.54, 1.807) is 0 Å². The van der Waals surface area contributed by atoms with Gasteiger partial charge in [-0.1, -0.05) is 12.8 Å². The minimum absolute atomic E-state index is 0.204. The lowest BCUT2D eigenvalue weighted by Crippen LogP contribution is -2.51. The Kier molecular flexibility index (Phi) is 6.10. The molecule has 1 heterocycles. The SMILES string of the molecule is CN(CC1CCCC1)CC1(CNC(C)(C)C)CCOCC1. The molecule has 1 saturated heterocycles. The molecule has 2 rings (SSSR count). The molecule has 3 heteroatoms. The average Bonchev–Trinajstić information content (AvgIpc) is 2.89. The molecule has 0 aromatic heterocycles. The van der Waals surface area contributed by atoms with Crippen LogP contribution >= 0.6 is 0 Å². The molecule has 2 fully saturated rings. The van der Waals surface area contributed by atoms with Crippen LogP contribution in [0.2, 0.25) is 0 Å². The molecule has 0 spiro atoms. The zero-order valence-corrected chi connectivity index (χ0v) is 14.7. The van der Waals surface area contributed by atoms with Crippen molar-refractivity contribution in [3.05, 3.63) is 0 Å². The molecule has 2 aliphatic rings. The predicted molar refractivity (Wildman–Crippen MR) is 89.7 cm³/mol. The fraction of sp³-hybridized carbons (Fsp3) is 1.00. The Balaban J connectivity index is 1.88. The lowest BCUT2D eigenvalue weighted by molar-refractivity contribution is -0.00503. The number of rotatable bonds is 6. The molecular formula is C18H36N2O. The molecule has 124 valence electrons. The van der Waals surface area contributed by atoms with Crippen LogP contribution in [0.4, 0.5) is 0 Å². The standard InChI is InChI=1S/C18H36N2O/c1-17(2,3)19-14-18(9-11-21-12-10-18)15-20(4)13-16-7-5-6-8-16/h16,19H,5-15H2,1-4H3. The summed E-state index contributed by atoms with van der Waals surface area (Å²) < 4.78 is 5.63. The van der Waals surface area contributed by atoms with E-state index in [1.165, 1.54) is 51.6 Å². The van der Waals surface area contributed by atoms with E-state index in [0.29, 0.717) is 5.41 Å². The van der Waals surface area contributed by atoms with Gasteiger partial charge in [-0.15, -0.1) is 0 Å². The van der Waals surface area contributed by atoms with Crippen LogP contribution in [0, 0.1) is 11.3 Å². The van der Waals surface area contributed by atoms with E-state index in [-0.39, 0.29) is 5.54 Å². The second-order valence-electron chi connectivity index (χ2n) is 8.56. The summed E-state index contributed by atoms with van der Waals surface area (Å²) in [5.41, 5.74) is 0.605. The van der Waals surface area contributed by atoms with Crippen LogP contribution in [-0.4, -0.2) is 50.3 Å². The van der Waals surface area contributed by atoms with Crippen LogP contribution in [0.1, 0.15) is 59.3 Å². The Morgan fingerprint density at radius 1 is 1.14 bits per heavy atom. The Bertz CT molecular complexity index is 299. The van der Waals surface area contributed by atoms with E-state index in [0.717, 1.165) is 25.7 Å². The van der Waals surface area contributed by atoms with E-state index in [1.807, 2.05) is 0 Å². The highest BCUT2D eigenvalue weighted by Gasteiger charge is 2.35. The third-order valence-corrected chi connectivity index (χ3v) is 5.20. The molecule has 0 unspecified atom stereocenters. The molecule has 1 N–H and O–H groups in total. The number of hydrogen-bond donors (Lipinski definition) is 1. The molecular weight excluding hydrogens is 260 g/mol. The summed E-state index contributed by atoms with van der Waals surface area (Å²) in [6, 6.07) is 0. The van der Waals surface area contributed by atoms with Crippen molar-refractivity contribution >= 4 is 0 Å². The van der Waals surface area contributed by atoms with Gasteiger partial charge in [-0.3, -0.25) is 0 Å². The van der Waals surface area contributed by atoms with E-state index in [4.69, 9.17) is 4.74 Å². The van der Waals surface area contributed by atoms with Crippen LogP contribution in [-0.2, 0) is 4.74 Å². The van der Waals surface area contributed by atoms with E-state index < -0.39 is 0 Å². The molecule has 1 saturated carbocycles. The predicted octanol–water partition coefficient (Wildman–Crippen LogP) is 3.29. The summed E-state index contributed by atoms with van der Waals surface area (Å²) in [5, 5.41) is 3.75. The Labute approximate surface area is 131 Å². The largest absolute Gasteiger partial charge is 0.381 e. The summed E-state index contributed by atoms with van der Waals surface area (Å²) in [7, 11) is 2.33. The van der Waals surface area contributed by atoms with Gasteiger partial charge in [-0.05, 0) is 64.8 Å². The van der Waals surface area contributed by atoms with Gasteiger partial charge >= 0.3 is 0 Å². The number of hydrogen-bond acceptors (Lipinski definition) is 3. The third-order valence-electron chi connectivity index (χ3n) is 5.20. The quantitative estimate of drug-likeness (QED) is 0.814. The van der Waals surface area contributed by atoms with Crippen LogP contribution < -0.4 is 5.32 Å². The number of ether oxygens (including phenoxy) is 1. The van der Waals surface area contributed by atoms with E-state index in [9.17, 15) is 0 Å². The van der Waals surface area contributed by atoms with Crippen molar-refractivity contribution in [1.82, 2.24) is 10.2 Å². The lowest BCUT2D eigenvalue weighted by Gasteiger charge is -2.42. The maximum absolute atomic E-state index is 5.63. The second-order valence-corrected chi connectivity index (χ2v) is 8.56. The summed E-state index contributed by atoms with van der Waals surface area (Å²) in [6.07, 6.45) is 8.18. The van der Waals surface area contributed by atoms with E-state index >= 15 is 0 Å². The van der Waals surface area contributed by atoms with Gasteiger partial charge < -0.3 is 15.0 Å². The van der Waals surface area contributed by atoms with Crippen molar-refractivity contribution in [3.63, 3.8) is 0 Å². The molecule has 21 heavy (non-hydrogen) atoms. The third kappa shape index (κ3) is 5.88. The maximum Gasteiger partial charge on any atom is 0.0472 e. The highest BCUT2D eigenvalue weighted by molar-refractivity contribution is 4.89. The van der Waals surface area contributed by atoms with Crippen LogP contribution in [0.5, 0.6) is 0 Å². The first-order chi connectivity index (χ1) is 9.89. The van der Waals surface area contributed by atoms with Gasteiger partial charge in [-0.2, -0.15) is 0 Å². The molecule has 0 amide bonds. The van der Waals surface area contributed by atoms with Gasteiger partial charge in [0.05, 0.1) is 0 Å². The first-order valence-electron chi connectivity index (χ1n) is 8.90. The zero-order valence-electron chi connectivity index (χ0n) is 14.7. The van der Waals surface area contributed by atoms with Crippen molar-refractivity contribution in [2.45, 2.75) is 64.8 Å². The molecule has 1 aliphatic heterocycles. The number of nitrogens with zero attached hydrogens (tertiary/aromatic N) is 1. The smallest absolute Gasteiger partial charge is 0.0472 e. The lowest BCUT2D eigenvalue weighted by atomic mass is 9.79. The van der Waals surface area contributed by atoms with E-state index in [2.05, 4.69) is 38.0 Å². The molecule has 0 bridgehead atoms. The van der Waals surface area contributed by atoms with Crippen molar-refractivity contribution in [1.29, 1.82) is 0 Å². The van der Waals surface area contributed by atoms with Crippen molar-refractivity contribution in [2.75, 3.05) is 39.9 Å². The molecule has 0 aromatic carbocycles. The molecule has 0 atom stereocenters. The fourth-order valence-electron chi connectivity index (χ4n) is 3.92. The van der Waals surface area contributed by atoms with Gasteiger partial charge in [0.2, 0.25) is 0 Å². The van der Waals surface area contributed by atoms with Crippen molar-refractivity contribution in [2.24, 2.45) is 11.3 Å². The topological polar surface area (TPSA) is 24.5 Å². The number of nitrogens with one attached hydrogen (secondary N) is 1. The summed E-state index contributed by atoms with van der Waals surface area (Å²) >= 11 is 0. The fourth-order valence-corrected chi connectivity index (χ4v) is 3.92. The molecule has 3 nitrogen and oxygen atoms in total. The Hall–Kier alpha value is -0.120. The second kappa shape index (κ2) is 7.43. The maximum atomic E-state index is 5.63. The first-order valence-corrected chi connectivity index (χ1v) is 8.90. The highest BCUT2D eigenvalue weighted by Crippen LogP contribution is 2.32. The molecule has 1 aliphatic carbocycles. The molecule has 0 radical (unpaired) electrons. The average molecular weight is 296 g/mol. The van der Waals surface area contributed by atoms with Crippen molar-refractivity contribution in [3.8, 4) is 0 Å². The minimum Gasteiger partial charge on any atom is -0.381 e. The van der Waals surface area contributed by atoms with Crippen LogP contribution in [0.25, 0.3) is 0 Å². The highest BCUT2D eigenvalue weighted by atomic mass is 16.5. The van der Waals surface area contributed by atoms with Gasteiger partial charge in [0.15, 0.2) is 0 Å². The minimum atomic E-state index is 0.204. The Morgan fingerprint density at radius 3 is 2.33 bits per heavy atom. The summed E-state index contributed by atoms with van der Waals surface area (Å²) in [6.45, 7) is 12.3. The molecule has 0 aromatic rings. The monoisotopic (exact) mass is 296 g/mol. The summed E-state index contributed by atoms with van der Waals surface area (Å²) in [5.74, 6) is 0.947. The van der Waals surface area contributed by atoms with Crippen molar-refractivity contribution < 1.29 is 4.74 Å². The first kappa shape index (κ1) is 17.2. The zero-order chi connectivity index (χ0) is 15.3. The van der Waals surface area contributed by atoms with Gasteiger partial charge in [0.25, 0.3) is 0 Å². The van der Waals surface area contributed by atoms with Gasteiger partial charge in [0.1, 0.15) is 0 Å². The Morgan fingerprint density at radius 2 is 1.76 bits per heavy atom. The van der Waals surface area contributed by atoms with Crippen LogP contribution in [0.15, 0.2) is 0 Å². The van der Waals surface area contributed by atoms with Gasteiger partial charge in [-0.25, -0.2) is 0 Å². The van der Waals surface area contributed by atoms with Crippen LogP contribution in [0.3, 0.4) is 0 Å². The normalized spacial score (nSPS) is 23.9. The summed E-state index contributed by atoms with van der Waals surface area (Å²) in [4.78, 5) is 2.60.